The topological polar surface area (TPSA) is 116 Å². The minimum atomic E-state index is -4.76. The molecule has 1 aromatic heterocycles. The number of hydrogen-bond donors (Lipinski definition) is 3. The van der Waals surface area contributed by atoms with Gasteiger partial charge in [0.15, 0.2) is 0 Å². The highest BCUT2D eigenvalue weighted by atomic mass is 32.2. The van der Waals surface area contributed by atoms with Crippen molar-refractivity contribution in [3.05, 3.63) is 47.5 Å². The lowest BCUT2D eigenvalue weighted by Crippen LogP contribution is -2.53. The van der Waals surface area contributed by atoms with E-state index < -0.39 is 65.0 Å². The summed E-state index contributed by atoms with van der Waals surface area (Å²) in [6.07, 6.45) is -6.42. The number of ether oxygens (including phenoxy) is 3. The highest BCUT2D eigenvalue weighted by molar-refractivity contribution is 7.85. The summed E-state index contributed by atoms with van der Waals surface area (Å²) in [4.78, 5) is 4.23. The number of methoxy groups -OCH3 is 2. The fraction of sp³-hybridized carbons (Fsp3) is 0.522. The van der Waals surface area contributed by atoms with Crippen molar-refractivity contribution < 1.29 is 41.1 Å². The monoisotopic (exact) mass is 535 g/mol. The van der Waals surface area contributed by atoms with Gasteiger partial charge in [-0.3, -0.25) is 9.19 Å². The molecule has 3 rings (SSSR count). The van der Waals surface area contributed by atoms with Crippen LogP contribution in [0.15, 0.2) is 30.5 Å². The van der Waals surface area contributed by atoms with E-state index in [0.29, 0.717) is 11.4 Å². The van der Waals surface area contributed by atoms with E-state index in [1.165, 1.54) is 13.2 Å². The van der Waals surface area contributed by atoms with Crippen LogP contribution in [0.2, 0.25) is 0 Å². The number of nitrogen functional groups attached to an aromatic ring is 1. The molecule has 0 amide bonds. The summed E-state index contributed by atoms with van der Waals surface area (Å²) in [5.74, 6) is -1.01. The minimum absolute atomic E-state index is 0.0526. The van der Waals surface area contributed by atoms with Crippen molar-refractivity contribution in [3.8, 4) is 11.5 Å². The second-order valence-corrected chi connectivity index (χ2v) is 10.0. The number of nitrogens with zero attached hydrogens (tertiary/aromatic N) is 1. The Kier molecular flexibility index (Phi) is 9.50. The van der Waals surface area contributed by atoms with E-state index in [1.807, 2.05) is 0 Å². The molecule has 1 aliphatic heterocycles. The molecule has 2 aromatic rings. The van der Waals surface area contributed by atoms with Crippen LogP contribution in [0.4, 0.5) is 23.2 Å². The third-order valence-corrected chi connectivity index (χ3v) is 7.36. The first-order valence-electron chi connectivity index (χ1n) is 11.1. The summed E-state index contributed by atoms with van der Waals surface area (Å²) < 4.78 is 81.4. The van der Waals surface area contributed by atoms with Crippen LogP contribution in [-0.2, 0) is 28.5 Å². The lowest BCUT2D eigenvalue weighted by atomic mass is 9.91. The largest absolute Gasteiger partial charge is 0.497 e. The molecule has 1 saturated heterocycles. The number of anilines is 1. The summed E-state index contributed by atoms with van der Waals surface area (Å²) in [7, 11) is 1.34. The highest BCUT2D eigenvalue weighted by Gasteiger charge is 2.42. The Labute approximate surface area is 208 Å². The van der Waals surface area contributed by atoms with Gasteiger partial charge >= 0.3 is 6.18 Å². The van der Waals surface area contributed by atoms with Crippen LogP contribution in [0.1, 0.15) is 11.3 Å². The maximum absolute atomic E-state index is 14.5. The highest BCUT2D eigenvalue weighted by Crippen LogP contribution is 2.33. The zero-order valence-electron chi connectivity index (χ0n) is 19.8. The fourth-order valence-corrected chi connectivity index (χ4v) is 5.62. The van der Waals surface area contributed by atoms with E-state index in [-0.39, 0.29) is 30.0 Å². The van der Waals surface area contributed by atoms with Crippen LogP contribution in [0.25, 0.3) is 0 Å². The van der Waals surface area contributed by atoms with Crippen LogP contribution in [0.3, 0.4) is 0 Å². The second kappa shape index (κ2) is 12.2. The number of halogens is 4. The lowest BCUT2D eigenvalue weighted by Gasteiger charge is -2.35. The number of benzene rings is 1. The third-order valence-electron chi connectivity index (χ3n) is 5.83. The molecule has 0 aliphatic carbocycles. The zero-order valence-corrected chi connectivity index (χ0v) is 20.6. The van der Waals surface area contributed by atoms with Crippen molar-refractivity contribution in [2.45, 2.75) is 37.4 Å². The van der Waals surface area contributed by atoms with Crippen molar-refractivity contribution >= 4 is 16.5 Å². The molecule has 4 N–H and O–H groups in total. The number of pyridine rings is 1. The molecule has 0 spiro atoms. The molecular formula is C23H29F4N3O5S. The van der Waals surface area contributed by atoms with Crippen LogP contribution >= 0.6 is 0 Å². The molecule has 0 bridgehead atoms. The molecule has 200 valence electrons. The van der Waals surface area contributed by atoms with Gasteiger partial charge in [0.25, 0.3) is 0 Å². The number of aromatic nitrogens is 1. The molecule has 8 nitrogen and oxygen atoms in total. The van der Waals surface area contributed by atoms with E-state index >= 15 is 0 Å². The summed E-state index contributed by atoms with van der Waals surface area (Å²) >= 11 is 0. The Balaban J connectivity index is 1.74. The predicted octanol–water partition coefficient (Wildman–Crippen LogP) is 2.21. The Morgan fingerprint density at radius 1 is 1.28 bits per heavy atom. The molecule has 5 atom stereocenters. The number of aliphatic hydroxyl groups excluding tert-OH is 1. The molecule has 13 heteroatoms. The normalized spacial score (nSPS) is 23.3. The van der Waals surface area contributed by atoms with Crippen LogP contribution in [-0.4, -0.2) is 71.1 Å². The van der Waals surface area contributed by atoms with Gasteiger partial charge in [-0.25, -0.2) is 4.39 Å². The summed E-state index contributed by atoms with van der Waals surface area (Å²) in [6, 6.07) is 5.17. The van der Waals surface area contributed by atoms with Gasteiger partial charge in [-0.2, -0.15) is 13.2 Å². The molecule has 2 heterocycles. The molecular weight excluding hydrogens is 506 g/mol. The molecule has 0 saturated carbocycles. The first-order chi connectivity index (χ1) is 17.0. The van der Waals surface area contributed by atoms with E-state index in [4.69, 9.17) is 15.2 Å². The quantitative estimate of drug-likeness (QED) is 0.313. The SMILES string of the molecule is COC[C@@H](Oc1cc(C[C@@H]2CS(=O)C[C@H](NCc3cc(OC)ccn3)[C@H]2O)cc(F)c1N)C(F)(F)F. The molecule has 36 heavy (non-hydrogen) atoms. The van der Waals surface area contributed by atoms with Gasteiger partial charge < -0.3 is 30.4 Å². The van der Waals surface area contributed by atoms with E-state index in [9.17, 15) is 26.9 Å². The number of alkyl halides is 3. The molecule has 0 radical (unpaired) electrons. The number of aliphatic hydroxyl groups is 1. The number of nitrogens with two attached hydrogens (primary N) is 1. The first kappa shape index (κ1) is 28.1. The van der Waals surface area contributed by atoms with Crippen molar-refractivity contribution in [1.29, 1.82) is 0 Å². The Hall–Kier alpha value is -2.48. The van der Waals surface area contributed by atoms with E-state index in [0.717, 1.165) is 13.2 Å². The summed E-state index contributed by atoms with van der Waals surface area (Å²) in [6.45, 7) is -0.514. The molecule has 1 aromatic carbocycles. The zero-order chi connectivity index (χ0) is 26.5. The molecule has 1 unspecified atom stereocenters. The number of rotatable bonds is 10. The van der Waals surface area contributed by atoms with E-state index in [2.05, 4.69) is 15.0 Å². The Bertz CT molecular complexity index is 1060. The Morgan fingerprint density at radius 2 is 2.03 bits per heavy atom. The lowest BCUT2D eigenvalue weighted by molar-refractivity contribution is -0.206. The van der Waals surface area contributed by atoms with Crippen LogP contribution < -0.4 is 20.5 Å². The average Bonchev–Trinajstić information content (AvgIpc) is 2.82. The maximum Gasteiger partial charge on any atom is 0.427 e. The van der Waals surface area contributed by atoms with Gasteiger partial charge in [-0.15, -0.1) is 0 Å². The standard InChI is InChI=1S/C23H29F4N3O5S/c1-33-10-20(23(25,26)27)35-19-7-13(6-17(24)21(19)28)5-14-11-36(32)12-18(22(14)31)30-9-15-8-16(34-2)3-4-29-15/h3-4,6-8,14,18,20,22,30-31H,5,9-12,28H2,1-2H3/t14-,18+,20-,22+,36?/m1/s1. The molecule has 1 aliphatic rings. The second-order valence-electron chi connectivity index (χ2n) is 8.50. The van der Waals surface area contributed by atoms with Gasteiger partial charge in [-0.1, -0.05) is 0 Å². The van der Waals surface area contributed by atoms with Crippen molar-refractivity contribution in [1.82, 2.24) is 10.3 Å². The molecule has 1 fully saturated rings. The van der Waals surface area contributed by atoms with E-state index in [1.54, 1.807) is 18.3 Å². The van der Waals surface area contributed by atoms with Gasteiger partial charge in [0.2, 0.25) is 6.10 Å². The minimum Gasteiger partial charge on any atom is -0.497 e. The maximum atomic E-state index is 14.5. The van der Waals surface area contributed by atoms with Gasteiger partial charge in [-0.05, 0) is 30.2 Å². The summed E-state index contributed by atoms with van der Waals surface area (Å²) in [5.41, 5.74) is 5.98. The Morgan fingerprint density at radius 3 is 2.69 bits per heavy atom. The van der Waals surface area contributed by atoms with Crippen molar-refractivity contribution in [2.75, 3.05) is 38.1 Å². The predicted molar refractivity (Wildman–Crippen MR) is 126 cm³/mol. The van der Waals surface area contributed by atoms with Gasteiger partial charge in [0.1, 0.15) is 23.0 Å². The fourth-order valence-electron chi connectivity index (χ4n) is 3.97. The number of hydrogen-bond acceptors (Lipinski definition) is 8. The van der Waals surface area contributed by atoms with Crippen LogP contribution in [0.5, 0.6) is 11.5 Å². The summed E-state index contributed by atoms with van der Waals surface area (Å²) in [5, 5.41) is 14.1. The third kappa shape index (κ3) is 7.28. The van der Waals surface area contributed by atoms with Gasteiger partial charge in [0, 0.05) is 60.2 Å². The smallest absolute Gasteiger partial charge is 0.427 e. The average molecular weight is 536 g/mol. The number of nitrogens with one attached hydrogen (secondary N) is 1. The van der Waals surface area contributed by atoms with Gasteiger partial charge in [0.05, 0.1) is 25.5 Å². The van der Waals surface area contributed by atoms with Crippen LogP contribution in [0, 0.1) is 11.7 Å². The van der Waals surface area contributed by atoms with Crippen molar-refractivity contribution in [3.63, 3.8) is 0 Å². The first-order valence-corrected chi connectivity index (χ1v) is 12.6. The van der Waals surface area contributed by atoms with Crippen molar-refractivity contribution in [2.24, 2.45) is 5.92 Å².